The Morgan fingerprint density at radius 2 is 2.11 bits per heavy atom. The molecule has 5 nitrogen and oxygen atoms in total. The van der Waals surface area contributed by atoms with Crippen molar-refractivity contribution >= 4 is 17.7 Å². The first-order valence-electron chi connectivity index (χ1n) is 6.86. The predicted octanol–water partition coefficient (Wildman–Crippen LogP) is 2.77. The van der Waals surface area contributed by atoms with E-state index in [4.69, 9.17) is 5.11 Å². The van der Waals surface area contributed by atoms with E-state index in [-0.39, 0.29) is 11.8 Å². The highest BCUT2D eigenvalue weighted by Gasteiger charge is 2.21. The molecule has 0 spiro atoms. The van der Waals surface area contributed by atoms with Crippen LogP contribution in [0.15, 0.2) is 5.16 Å². The van der Waals surface area contributed by atoms with Crippen LogP contribution in [-0.2, 0) is 11.2 Å². The lowest BCUT2D eigenvalue weighted by atomic mass is 10.0. The van der Waals surface area contributed by atoms with Crippen LogP contribution in [0.4, 0.5) is 0 Å². The number of rotatable bonds is 6. The van der Waals surface area contributed by atoms with E-state index in [2.05, 4.69) is 28.6 Å². The highest BCUT2D eigenvalue weighted by atomic mass is 32.2. The van der Waals surface area contributed by atoms with Crippen molar-refractivity contribution < 1.29 is 9.90 Å². The number of carbonyl (C=O) groups is 1. The largest absolute Gasteiger partial charge is 0.481 e. The van der Waals surface area contributed by atoms with Crippen molar-refractivity contribution in [2.24, 2.45) is 5.92 Å². The van der Waals surface area contributed by atoms with E-state index in [1.807, 2.05) is 0 Å². The molecule has 1 fully saturated rings. The zero-order valence-corrected chi connectivity index (χ0v) is 12.3. The monoisotopic (exact) mass is 283 g/mol. The van der Waals surface area contributed by atoms with Gasteiger partial charge in [0.15, 0.2) is 5.16 Å². The zero-order chi connectivity index (χ0) is 13.8. The molecule has 0 bridgehead atoms. The Hall–Kier alpha value is -1.04. The zero-order valence-electron chi connectivity index (χ0n) is 11.5. The van der Waals surface area contributed by atoms with Gasteiger partial charge in [0.05, 0.1) is 5.75 Å². The van der Waals surface area contributed by atoms with Gasteiger partial charge in [0, 0.05) is 12.5 Å². The molecule has 19 heavy (non-hydrogen) atoms. The smallest absolute Gasteiger partial charge is 0.313 e. The van der Waals surface area contributed by atoms with Gasteiger partial charge in [0.25, 0.3) is 0 Å². The van der Waals surface area contributed by atoms with Crippen molar-refractivity contribution in [3.8, 4) is 0 Å². The Morgan fingerprint density at radius 1 is 1.42 bits per heavy atom. The molecule has 0 radical (unpaired) electrons. The Labute approximate surface area is 117 Å². The fourth-order valence-corrected chi connectivity index (χ4v) is 3.47. The highest BCUT2D eigenvalue weighted by Crippen LogP contribution is 2.29. The summed E-state index contributed by atoms with van der Waals surface area (Å²) < 4.78 is 2.09. The minimum absolute atomic E-state index is 0.0360. The second-order valence-corrected chi connectivity index (χ2v) is 6.34. The Morgan fingerprint density at radius 3 is 2.68 bits per heavy atom. The maximum Gasteiger partial charge on any atom is 0.313 e. The molecule has 106 valence electrons. The Kier molecular flexibility index (Phi) is 4.85. The van der Waals surface area contributed by atoms with Gasteiger partial charge in [-0.25, -0.2) is 0 Å². The fourth-order valence-electron chi connectivity index (χ4n) is 2.66. The quantitative estimate of drug-likeness (QED) is 0.813. The van der Waals surface area contributed by atoms with E-state index in [0.29, 0.717) is 0 Å². The molecule has 0 amide bonds. The highest BCUT2D eigenvalue weighted by molar-refractivity contribution is 7.99. The van der Waals surface area contributed by atoms with Crippen molar-refractivity contribution in [1.82, 2.24) is 14.8 Å². The average Bonchev–Trinajstić information content (AvgIpc) is 2.96. The number of aromatic nitrogens is 3. The molecule has 1 aliphatic rings. The van der Waals surface area contributed by atoms with Crippen LogP contribution in [0.25, 0.3) is 0 Å². The summed E-state index contributed by atoms with van der Waals surface area (Å²) in [5.74, 6) is 0.948. The van der Waals surface area contributed by atoms with Gasteiger partial charge in [-0.15, -0.1) is 10.2 Å². The second-order valence-electron chi connectivity index (χ2n) is 5.40. The molecule has 0 unspecified atom stereocenters. The van der Waals surface area contributed by atoms with Crippen LogP contribution < -0.4 is 0 Å². The van der Waals surface area contributed by atoms with E-state index in [9.17, 15) is 4.79 Å². The third-order valence-corrected chi connectivity index (χ3v) is 4.45. The van der Waals surface area contributed by atoms with Gasteiger partial charge < -0.3 is 9.67 Å². The Balaban J connectivity index is 2.11. The first kappa shape index (κ1) is 14.4. The summed E-state index contributed by atoms with van der Waals surface area (Å²) in [5.41, 5.74) is 0. The van der Waals surface area contributed by atoms with Crippen molar-refractivity contribution in [2.75, 3.05) is 5.75 Å². The first-order chi connectivity index (χ1) is 9.08. The van der Waals surface area contributed by atoms with E-state index in [1.54, 1.807) is 0 Å². The maximum absolute atomic E-state index is 10.7. The molecule has 6 heteroatoms. The van der Waals surface area contributed by atoms with Crippen molar-refractivity contribution in [2.45, 2.75) is 57.1 Å². The summed E-state index contributed by atoms with van der Waals surface area (Å²) in [7, 11) is 0. The minimum Gasteiger partial charge on any atom is -0.481 e. The van der Waals surface area contributed by atoms with Gasteiger partial charge in [-0.3, -0.25) is 4.79 Å². The lowest BCUT2D eigenvalue weighted by Gasteiger charge is -2.15. The summed E-state index contributed by atoms with van der Waals surface area (Å²) in [6.07, 6.45) is 6.17. The summed E-state index contributed by atoms with van der Waals surface area (Å²) in [6, 6.07) is 0.266. The van der Waals surface area contributed by atoms with Crippen molar-refractivity contribution in [1.29, 1.82) is 0 Å². The van der Waals surface area contributed by atoms with Crippen LogP contribution in [0.1, 0.15) is 51.4 Å². The summed E-state index contributed by atoms with van der Waals surface area (Å²) in [6.45, 7) is 4.18. The number of thioether (sulfide) groups is 1. The molecule has 1 aliphatic carbocycles. The summed E-state index contributed by atoms with van der Waals surface area (Å²) in [4.78, 5) is 10.7. The standard InChI is InChI=1S/C13H21N3O2S/c1-9(2)16-11(7-10-5-3-4-6-10)14-15-13(16)19-8-12(17)18/h9-10H,3-8H2,1-2H3,(H,17,18). The van der Waals surface area contributed by atoms with E-state index in [1.165, 1.54) is 37.4 Å². The van der Waals surface area contributed by atoms with E-state index < -0.39 is 5.97 Å². The second kappa shape index (κ2) is 6.41. The summed E-state index contributed by atoms with van der Waals surface area (Å²) >= 11 is 1.25. The SMILES string of the molecule is CC(C)n1c(CC2CCCC2)nnc1SCC(=O)O. The fraction of sp³-hybridized carbons (Fsp3) is 0.769. The minimum atomic E-state index is -0.819. The van der Waals surface area contributed by atoms with Crippen LogP contribution in [0.3, 0.4) is 0 Å². The molecule has 1 heterocycles. The van der Waals surface area contributed by atoms with Crippen molar-refractivity contribution in [3.05, 3.63) is 5.82 Å². The van der Waals surface area contributed by atoms with Crippen LogP contribution in [0.5, 0.6) is 0 Å². The molecule has 1 aromatic heterocycles. The number of carboxylic acid groups (broad SMARTS) is 1. The van der Waals surface area contributed by atoms with E-state index >= 15 is 0 Å². The van der Waals surface area contributed by atoms with Crippen LogP contribution in [-0.4, -0.2) is 31.6 Å². The molecule has 1 aromatic rings. The molecule has 1 N–H and O–H groups in total. The lowest BCUT2D eigenvalue weighted by molar-refractivity contribution is -0.133. The number of carboxylic acids is 1. The number of aliphatic carboxylic acids is 1. The molecule has 0 saturated heterocycles. The van der Waals surface area contributed by atoms with Gasteiger partial charge in [-0.2, -0.15) is 0 Å². The number of hydrogen-bond donors (Lipinski definition) is 1. The molecule has 0 aromatic carbocycles. The molecule has 0 atom stereocenters. The average molecular weight is 283 g/mol. The third-order valence-electron chi connectivity index (χ3n) is 3.52. The van der Waals surface area contributed by atoms with Gasteiger partial charge in [0.1, 0.15) is 5.82 Å². The molecular weight excluding hydrogens is 262 g/mol. The topological polar surface area (TPSA) is 68.0 Å². The van der Waals surface area contributed by atoms with Gasteiger partial charge in [-0.1, -0.05) is 37.4 Å². The Bertz CT molecular complexity index is 439. The maximum atomic E-state index is 10.7. The van der Waals surface area contributed by atoms with Crippen LogP contribution in [0, 0.1) is 5.92 Å². The molecule has 0 aliphatic heterocycles. The number of hydrogen-bond acceptors (Lipinski definition) is 4. The van der Waals surface area contributed by atoms with Crippen molar-refractivity contribution in [3.63, 3.8) is 0 Å². The summed E-state index contributed by atoms with van der Waals surface area (Å²) in [5, 5.41) is 17.9. The van der Waals surface area contributed by atoms with Crippen LogP contribution in [0.2, 0.25) is 0 Å². The van der Waals surface area contributed by atoms with Crippen LogP contribution >= 0.6 is 11.8 Å². The molecular formula is C13H21N3O2S. The third kappa shape index (κ3) is 3.72. The number of nitrogens with zero attached hydrogens (tertiary/aromatic N) is 3. The van der Waals surface area contributed by atoms with Gasteiger partial charge >= 0.3 is 5.97 Å². The van der Waals surface area contributed by atoms with E-state index in [0.717, 1.165) is 23.3 Å². The predicted molar refractivity (Wildman–Crippen MR) is 74.4 cm³/mol. The normalized spacial score (nSPS) is 16.4. The first-order valence-corrected chi connectivity index (χ1v) is 7.85. The van der Waals surface area contributed by atoms with Gasteiger partial charge in [-0.05, 0) is 19.8 Å². The van der Waals surface area contributed by atoms with Gasteiger partial charge in [0.2, 0.25) is 0 Å². The molecule has 2 rings (SSSR count). The lowest BCUT2D eigenvalue weighted by Crippen LogP contribution is -2.12. The molecule has 1 saturated carbocycles.